The minimum atomic E-state index is -0.629. The van der Waals surface area contributed by atoms with Crippen molar-refractivity contribution in [1.82, 2.24) is 0 Å². The summed E-state index contributed by atoms with van der Waals surface area (Å²) in [5, 5.41) is 11.4. The summed E-state index contributed by atoms with van der Waals surface area (Å²) in [6, 6.07) is 15.9. The predicted molar refractivity (Wildman–Crippen MR) is 83.8 cm³/mol. The molecular weight excluding hydrogens is 316 g/mol. The molecule has 0 bridgehead atoms. The van der Waals surface area contributed by atoms with Gasteiger partial charge in [-0.05, 0) is 46.1 Å². The SMILES string of the molecule is Cc1ccccc1CC(O)c1cc2cccc(Br)c2o1. The minimum Gasteiger partial charge on any atom is -0.457 e. The van der Waals surface area contributed by atoms with E-state index in [0.29, 0.717) is 12.2 Å². The minimum absolute atomic E-state index is 0.560. The van der Waals surface area contributed by atoms with Gasteiger partial charge in [0.05, 0.1) is 4.47 Å². The smallest absolute Gasteiger partial charge is 0.148 e. The highest BCUT2D eigenvalue weighted by atomic mass is 79.9. The molecule has 1 heterocycles. The Morgan fingerprint density at radius 3 is 2.70 bits per heavy atom. The van der Waals surface area contributed by atoms with Gasteiger partial charge in [0.15, 0.2) is 0 Å². The fraction of sp³-hybridized carbons (Fsp3) is 0.176. The van der Waals surface area contributed by atoms with Crippen LogP contribution in [0, 0.1) is 6.92 Å². The van der Waals surface area contributed by atoms with Crippen molar-refractivity contribution in [2.24, 2.45) is 0 Å². The van der Waals surface area contributed by atoms with Crippen LogP contribution in [0.5, 0.6) is 0 Å². The molecule has 0 aliphatic carbocycles. The number of aryl methyl sites for hydroxylation is 1. The molecule has 3 aromatic rings. The van der Waals surface area contributed by atoms with Gasteiger partial charge in [-0.1, -0.05) is 36.4 Å². The lowest BCUT2D eigenvalue weighted by molar-refractivity contribution is 0.152. The topological polar surface area (TPSA) is 33.4 Å². The average molecular weight is 331 g/mol. The first kappa shape index (κ1) is 13.4. The molecule has 1 aromatic heterocycles. The zero-order chi connectivity index (χ0) is 14.1. The molecule has 0 amide bonds. The predicted octanol–water partition coefficient (Wildman–Crippen LogP) is 4.78. The quantitative estimate of drug-likeness (QED) is 0.749. The highest BCUT2D eigenvalue weighted by Crippen LogP contribution is 2.31. The maximum absolute atomic E-state index is 10.4. The van der Waals surface area contributed by atoms with E-state index in [2.05, 4.69) is 28.9 Å². The van der Waals surface area contributed by atoms with Gasteiger partial charge in [0, 0.05) is 11.8 Å². The van der Waals surface area contributed by atoms with Crippen molar-refractivity contribution >= 4 is 26.9 Å². The number of hydrogen-bond acceptors (Lipinski definition) is 2. The molecule has 1 unspecified atom stereocenters. The zero-order valence-electron chi connectivity index (χ0n) is 11.1. The third-order valence-electron chi connectivity index (χ3n) is 3.52. The molecular formula is C17H15BrO2. The Morgan fingerprint density at radius 2 is 1.95 bits per heavy atom. The van der Waals surface area contributed by atoms with Crippen LogP contribution in [0.25, 0.3) is 11.0 Å². The molecule has 3 heteroatoms. The second-order valence-electron chi connectivity index (χ2n) is 4.95. The number of aliphatic hydroxyl groups is 1. The summed E-state index contributed by atoms with van der Waals surface area (Å²) in [4.78, 5) is 0. The van der Waals surface area contributed by atoms with E-state index in [9.17, 15) is 5.11 Å². The van der Waals surface area contributed by atoms with Crippen LogP contribution in [0.4, 0.5) is 0 Å². The van der Waals surface area contributed by atoms with Crippen molar-refractivity contribution < 1.29 is 9.52 Å². The summed E-state index contributed by atoms with van der Waals surface area (Å²) in [5.41, 5.74) is 3.11. The first-order valence-corrected chi connectivity index (χ1v) is 7.35. The van der Waals surface area contributed by atoms with E-state index in [1.54, 1.807) is 0 Å². The Morgan fingerprint density at radius 1 is 1.15 bits per heavy atom. The van der Waals surface area contributed by atoms with E-state index < -0.39 is 6.10 Å². The van der Waals surface area contributed by atoms with E-state index in [-0.39, 0.29) is 0 Å². The van der Waals surface area contributed by atoms with Gasteiger partial charge >= 0.3 is 0 Å². The van der Waals surface area contributed by atoms with Crippen LogP contribution in [0.15, 0.2) is 57.4 Å². The van der Waals surface area contributed by atoms with E-state index in [4.69, 9.17) is 4.42 Å². The largest absolute Gasteiger partial charge is 0.457 e. The maximum atomic E-state index is 10.4. The molecule has 2 aromatic carbocycles. The normalized spacial score (nSPS) is 12.8. The monoisotopic (exact) mass is 330 g/mol. The molecule has 1 N–H and O–H groups in total. The summed E-state index contributed by atoms with van der Waals surface area (Å²) in [6.45, 7) is 2.05. The van der Waals surface area contributed by atoms with Gasteiger partial charge in [-0.15, -0.1) is 0 Å². The molecule has 0 saturated heterocycles. The van der Waals surface area contributed by atoms with Crippen LogP contribution in [-0.4, -0.2) is 5.11 Å². The van der Waals surface area contributed by atoms with E-state index in [0.717, 1.165) is 21.0 Å². The third-order valence-corrected chi connectivity index (χ3v) is 4.14. The zero-order valence-corrected chi connectivity index (χ0v) is 12.7. The summed E-state index contributed by atoms with van der Waals surface area (Å²) in [5.74, 6) is 0.607. The Labute approximate surface area is 126 Å². The van der Waals surface area contributed by atoms with Crippen molar-refractivity contribution in [3.05, 3.63) is 69.9 Å². The van der Waals surface area contributed by atoms with Gasteiger partial charge in [0.25, 0.3) is 0 Å². The number of aliphatic hydroxyl groups excluding tert-OH is 1. The third kappa shape index (κ3) is 2.51. The Bertz CT molecular complexity index is 746. The molecule has 0 saturated carbocycles. The standard InChI is InChI=1S/C17H15BrO2/c1-11-5-2-3-6-12(11)9-15(19)16-10-13-7-4-8-14(18)17(13)20-16/h2-8,10,15,19H,9H2,1H3. The Balaban J connectivity index is 1.91. The molecule has 0 aliphatic rings. The molecule has 0 fully saturated rings. The number of halogens is 1. The van der Waals surface area contributed by atoms with Gasteiger partial charge in [-0.3, -0.25) is 0 Å². The number of hydrogen-bond donors (Lipinski definition) is 1. The molecule has 0 aliphatic heterocycles. The van der Waals surface area contributed by atoms with Gasteiger partial charge in [0.2, 0.25) is 0 Å². The van der Waals surface area contributed by atoms with Gasteiger partial charge in [-0.25, -0.2) is 0 Å². The molecule has 2 nitrogen and oxygen atoms in total. The van der Waals surface area contributed by atoms with Crippen LogP contribution < -0.4 is 0 Å². The number of para-hydroxylation sites is 1. The summed E-state index contributed by atoms with van der Waals surface area (Å²) in [6.07, 6.45) is -0.0696. The molecule has 0 spiro atoms. The van der Waals surface area contributed by atoms with Crippen molar-refractivity contribution in [3.63, 3.8) is 0 Å². The van der Waals surface area contributed by atoms with Crippen molar-refractivity contribution in [2.45, 2.75) is 19.4 Å². The lowest BCUT2D eigenvalue weighted by Gasteiger charge is -2.09. The van der Waals surface area contributed by atoms with E-state index in [1.165, 1.54) is 5.56 Å². The van der Waals surface area contributed by atoms with Gasteiger partial charge in [0.1, 0.15) is 17.4 Å². The highest BCUT2D eigenvalue weighted by Gasteiger charge is 2.15. The fourth-order valence-electron chi connectivity index (χ4n) is 2.36. The average Bonchev–Trinajstić information content (AvgIpc) is 2.87. The van der Waals surface area contributed by atoms with Crippen molar-refractivity contribution in [2.75, 3.05) is 0 Å². The second kappa shape index (κ2) is 5.43. The summed E-state index contributed by atoms with van der Waals surface area (Å²) >= 11 is 3.46. The van der Waals surface area contributed by atoms with Crippen LogP contribution in [0.2, 0.25) is 0 Å². The lowest BCUT2D eigenvalue weighted by atomic mass is 10.0. The molecule has 0 radical (unpaired) electrons. The van der Waals surface area contributed by atoms with E-state index in [1.807, 2.05) is 42.5 Å². The van der Waals surface area contributed by atoms with E-state index >= 15 is 0 Å². The lowest BCUT2D eigenvalue weighted by Crippen LogP contribution is -2.01. The van der Waals surface area contributed by atoms with Gasteiger partial charge < -0.3 is 9.52 Å². The van der Waals surface area contributed by atoms with Crippen LogP contribution in [-0.2, 0) is 6.42 Å². The molecule has 3 rings (SSSR count). The number of rotatable bonds is 3. The number of furan rings is 1. The highest BCUT2D eigenvalue weighted by molar-refractivity contribution is 9.10. The fourth-order valence-corrected chi connectivity index (χ4v) is 2.82. The van der Waals surface area contributed by atoms with Crippen molar-refractivity contribution in [1.29, 1.82) is 0 Å². The molecule has 20 heavy (non-hydrogen) atoms. The number of fused-ring (bicyclic) bond motifs is 1. The second-order valence-corrected chi connectivity index (χ2v) is 5.81. The van der Waals surface area contributed by atoms with Crippen LogP contribution in [0.3, 0.4) is 0 Å². The summed E-state index contributed by atoms with van der Waals surface area (Å²) < 4.78 is 6.68. The van der Waals surface area contributed by atoms with Crippen LogP contribution in [0.1, 0.15) is 23.0 Å². The van der Waals surface area contributed by atoms with Crippen molar-refractivity contribution in [3.8, 4) is 0 Å². The first-order valence-electron chi connectivity index (χ1n) is 6.55. The Hall–Kier alpha value is -1.58. The molecule has 102 valence electrons. The van der Waals surface area contributed by atoms with Crippen LogP contribution >= 0.6 is 15.9 Å². The molecule has 1 atom stereocenters. The maximum Gasteiger partial charge on any atom is 0.148 e. The number of benzene rings is 2. The van der Waals surface area contributed by atoms with Gasteiger partial charge in [-0.2, -0.15) is 0 Å². The Kier molecular flexibility index (Phi) is 3.64. The summed E-state index contributed by atoms with van der Waals surface area (Å²) in [7, 11) is 0. The first-order chi connectivity index (χ1) is 9.65.